The summed E-state index contributed by atoms with van der Waals surface area (Å²) in [4.78, 5) is 11.0. The van der Waals surface area contributed by atoms with Gasteiger partial charge in [-0.15, -0.1) is 0 Å². The number of carboxylic acid groups (broad SMARTS) is 1. The normalized spacial score (nSPS) is 24.7. The van der Waals surface area contributed by atoms with Crippen molar-refractivity contribution in [1.29, 1.82) is 0 Å². The Bertz CT molecular complexity index is 798. The standard InChI is InChI=1S/C19H16FNO2/c20-16-6-2-5-15-13-3-1-4-14(13)17(21-18(15)16)11-7-9-12(10-8-11)19(22)23/h1-3,5-10,13-14,17,21H,4H2,(H,22,23). The number of aromatic carboxylic acids is 1. The van der Waals surface area contributed by atoms with E-state index in [1.807, 2.05) is 18.2 Å². The zero-order chi connectivity index (χ0) is 16.0. The first-order valence-corrected chi connectivity index (χ1v) is 7.70. The Morgan fingerprint density at radius 2 is 1.96 bits per heavy atom. The molecular formula is C19H16FNO2. The Morgan fingerprint density at radius 1 is 1.17 bits per heavy atom. The fraction of sp³-hybridized carbons (Fsp3) is 0.211. The maximum atomic E-state index is 14.2. The van der Waals surface area contributed by atoms with Crippen molar-refractivity contribution in [1.82, 2.24) is 0 Å². The number of fused-ring (bicyclic) bond motifs is 3. The Morgan fingerprint density at radius 3 is 2.70 bits per heavy atom. The van der Waals surface area contributed by atoms with Crippen molar-refractivity contribution in [3.05, 3.63) is 77.1 Å². The second-order valence-corrected chi connectivity index (χ2v) is 6.11. The average molecular weight is 309 g/mol. The highest BCUT2D eigenvalue weighted by Gasteiger charge is 2.38. The third kappa shape index (κ3) is 2.22. The Kier molecular flexibility index (Phi) is 3.18. The summed E-state index contributed by atoms with van der Waals surface area (Å²) in [6, 6.07) is 12.0. The molecule has 3 unspecified atom stereocenters. The fourth-order valence-electron chi connectivity index (χ4n) is 3.75. The van der Waals surface area contributed by atoms with Crippen LogP contribution >= 0.6 is 0 Å². The van der Waals surface area contributed by atoms with Gasteiger partial charge in [0.15, 0.2) is 0 Å². The molecule has 3 atom stereocenters. The largest absolute Gasteiger partial charge is 0.478 e. The third-order valence-electron chi connectivity index (χ3n) is 4.86. The van der Waals surface area contributed by atoms with Crippen molar-refractivity contribution in [2.24, 2.45) is 5.92 Å². The molecule has 1 aliphatic heterocycles. The van der Waals surface area contributed by atoms with Crippen LogP contribution in [0.25, 0.3) is 0 Å². The fourth-order valence-corrected chi connectivity index (χ4v) is 3.75. The van der Waals surface area contributed by atoms with Crippen LogP contribution in [0.5, 0.6) is 0 Å². The molecule has 0 bridgehead atoms. The molecule has 23 heavy (non-hydrogen) atoms. The SMILES string of the molecule is O=C(O)c1ccc(C2Nc3c(F)cccc3C3C=CCC32)cc1. The summed E-state index contributed by atoms with van der Waals surface area (Å²) in [6.45, 7) is 0. The molecular weight excluding hydrogens is 293 g/mol. The summed E-state index contributed by atoms with van der Waals surface area (Å²) >= 11 is 0. The van der Waals surface area contributed by atoms with E-state index in [9.17, 15) is 9.18 Å². The molecule has 0 saturated carbocycles. The van der Waals surface area contributed by atoms with E-state index in [0.29, 0.717) is 11.6 Å². The van der Waals surface area contributed by atoms with Crippen molar-refractivity contribution in [2.45, 2.75) is 18.4 Å². The van der Waals surface area contributed by atoms with E-state index in [1.54, 1.807) is 18.2 Å². The van der Waals surface area contributed by atoms with Crippen molar-refractivity contribution in [3.8, 4) is 0 Å². The highest BCUT2D eigenvalue weighted by molar-refractivity contribution is 5.87. The Labute approximate surface area is 133 Å². The van der Waals surface area contributed by atoms with Crippen LogP contribution in [-0.2, 0) is 0 Å². The molecule has 2 aromatic carbocycles. The van der Waals surface area contributed by atoms with Crippen molar-refractivity contribution in [2.75, 3.05) is 5.32 Å². The van der Waals surface area contributed by atoms with Gasteiger partial charge in [-0.1, -0.05) is 36.4 Å². The third-order valence-corrected chi connectivity index (χ3v) is 4.86. The average Bonchev–Trinajstić information content (AvgIpc) is 3.04. The van der Waals surface area contributed by atoms with E-state index in [2.05, 4.69) is 17.5 Å². The molecule has 0 radical (unpaired) electrons. The topological polar surface area (TPSA) is 49.3 Å². The number of carboxylic acids is 1. The van der Waals surface area contributed by atoms with E-state index < -0.39 is 5.97 Å². The molecule has 116 valence electrons. The summed E-state index contributed by atoms with van der Waals surface area (Å²) < 4.78 is 14.2. The number of allylic oxidation sites excluding steroid dienone is 2. The van der Waals surface area contributed by atoms with Gasteiger partial charge in [-0.3, -0.25) is 0 Å². The summed E-state index contributed by atoms with van der Waals surface area (Å²) in [5.41, 5.74) is 2.81. The van der Waals surface area contributed by atoms with Gasteiger partial charge < -0.3 is 10.4 Å². The van der Waals surface area contributed by atoms with Crippen LogP contribution in [0.4, 0.5) is 10.1 Å². The number of para-hydroxylation sites is 1. The minimum Gasteiger partial charge on any atom is -0.478 e. The van der Waals surface area contributed by atoms with Crippen LogP contribution in [-0.4, -0.2) is 11.1 Å². The minimum atomic E-state index is -0.940. The van der Waals surface area contributed by atoms with E-state index in [1.165, 1.54) is 6.07 Å². The van der Waals surface area contributed by atoms with E-state index in [4.69, 9.17) is 5.11 Å². The number of hydrogen-bond donors (Lipinski definition) is 2. The molecule has 2 aromatic rings. The second-order valence-electron chi connectivity index (χ2n) is 6.11. The number of carbonyl (C=O) groups is 1. The molecule has 0 aromatic heterocycles. The number of nitrogens with one attached hydrogen (secondary N) is 1. The monoisotopic (exact) mass is 309 g/mol. The maximum Gasteiger partial charge on any atom is 0.335 e. The first kappa shape index (κ1) is 14.0. The molecule has 0 spiro atoms. The highest BCUT2D eigenvalue weighted by Crippen LogP contribution is 2.50. The van der Waals surface area contributed by atoms with Crippen LogP contribution in [0.3, 0.4) is 0 Å². The molecule has 4 rings (SSSR count). The first-order chi connectivity index (χ1) is 11.1. The van der Waals surface area contributed by atoms with Gasteiger partial charge in [-0.05, 0) is 41.7 Å². The lowest BCUT2D eigenvalue weighted by molar-refractivity contribution is 0.0697. The second kappa shape index (κ2) is 5.23. The molecule has 0 fully saturated rings. The molecule has 1 aliphatic carbocycles. The van der Waals surface area contributed by atoms with E-state index >= 15 is 0 Å². The van der Waals surface area contributed by atoms with Gasteiger partial charge in [-0.25, -0.2) is 9.18 Å². The quantitative estimate of drug-likeness (QED) is 0.811. The van der Waals surface area contributed by atoms with Crippen molar-refractivity contribution < 1.29 is 14.3 Å². The van der Waals surface area contributed by atoms with Gasteiger partial charge in [0.25, 0.3) is 0 Å². The number of hydrogen-bond acceptors (Lipinski definition) is 2. The van der Waals surface area contributed by atoms with Crippen LogP contribution in [0.2, 0.25) is 0 Å². The molecule has 2 aliphatic rings. The highest BCUT2D eigenvalue weighted by atomic mass is 19.1. The Balaban J connectivity index is 1.75. The number of halogens is 1. The van der Waals surface area contributed by atoms with Crippen LogP contribution in [0, 0.1) is 11.7 Å². The molecule has 0 amide bonds. The lowest BCUT2D eigenvalue weighted by Crippen LogP contribution is -2.29. The molecule has 2 N–H and O–H groups in total. The summed E-state index contributed by atoms with van der Waals surface area (Å²) in [5, 5.41) is 12.4. The summed E-state index contributed by atoms with van der Waals surface area (Å²) in [7, 11) is 0. The van der Waals surface area contributed by atoms with Gasteiger partial charge in [0.05, 0.1) is 17.3 Å². The number of rotatable bonds is 2. The smallest absolute Gasteiger partial charge is 0.335 e. The molecule has 4 heteroatoms. The van der Waals surface area contributed by atoms with Gasteiger partial charge in [0, 0.05) is 5.92 Å². The van der Waals surface area contributed by atoms with Crippen molar-refractivity contribution >= 4 is 11.7 Å². The zero-order valence-corrected chi connectivity index (χ0v) is 12.4. The molecule has 3 nitrogen and oxygen atoms in total. The van der Waals surface area contributed by atoms with Crippen molar-refractivity contribution in [3.63, 3.8) is 0 Å². The summed E-state index contributed by atoms with van der Waals surface area (Å²) in [5.74, 6) is -0.663. The van der Waals surface area contributed by atoms with E-state index in [-0.39, 0.29) is 23.3 Å². The number of benzene rings is 2. The molecule has 1 heterocycles. The van der Waals surface area contributed by atoms with Gasteiger partial charge in [-0.2, -0.15) is 0 Å². The molecule has 0 saturated heterocycles. The maximum absolute atomic E-state index is 14.2. The lowest BCUT2D eigenvalue weighted by Gasteiger charge is -2.37. The van der Waals surface area contributed by atoms with Gasteiger partial charge in [0.2, 0.25) is 0 Å². The predicted molar refractivity (Wildman–Crippen MR) is 86.2 cm³/mol. The zero-order valence-electron chi connectivity index (χ0n) is 12.4. The Hall–Kier alpha value is -2.62. The first-order valence-electron chi connectivity index (χ1n) is 7.70. The van der Waals surface area contributed by atoms with E-state index in [0.717, 1.165) is 17.5 Å². The van der Waals surface area contributed by atoms with Crippen LogP contribution in [0.1, 0.15) is 39.9 Å². The summed E-state index contributed by atoms with van der Waals surface area (Å²) in [6.07, 6.45) is 5.23. The van der Waals surface area contributed by atoms with Gasteiger partial charge >= 0.3 is 5.97 Å². The van der Waals surface area contributed by atoms with Gasteiger partial charge in [0.1, 0.15) is 5.82 Å². The lowest BCUT2D eigenvalue weighted by atomic mass is 9.77. The van der Waals surface area contributed by atoms with Crippen LogP contribution in [0.15, 0.2) is 54.6 Å². The van der Waals surface area contributed by atoms with Crippen LogP contribution < -0.4 is 5.32 Å². The minimum absolute atomic E-state index is 0.0257. The number of anilines is 1. The predicted octanol–water partition coefficient (Wildman–Crippen LogP) is 4.35.